The number of nitrogens with one attached hydrogen (secondary N) is 1. The molecule has 11 heteroatoms. The molecule has 0 radical (unpaired) electrons. The van der Waals surface area contributed by atoms with E-state index in [0.717, 1.165) is 5.69 Å². The number of rotatable bonds is 4. The van der Waals surface area contributed by atoms with Crippen molar-refractivity contribution >= 4 is 44.8 Å². The summed E-state index contributed by atoms with van der Waals surface area (Å²) < 4.78 is 33.4. The monoisotopic (exact) mass is 492 g/mol. The summed E-state index contributed by atoms with van der Waals surface area (Å²) in [4.78, 5) is 28.1. The summed E-state index contributed by atoms with van der Waals surface area (Å²) in [7, 11) is -0.0716. The van der Waals surface area contributed by atoms with Gasteiger partial charge >= 0.3 is 0 Å². The molecule has 0 unspecified atom stereocenters. The van der Waals surface area contributed by atoms with Crippen molar-refractivity contribution in [1.29, 1.82) is 0 Å². The number of hydrogen-bond donors (Lipinski definition) is 1. The van der Waals surface area contributed by atoms with E-state index in [-0.39, 0.29) is 53.7 Å². The second kappa shape index (κ2) is 8.85. The summed E-state index contributed by atoms with van der Waals surface area (Å²) in [6.45, 7) is 2.39. The summed E-state index contributed by atoms with van der Waals surface area (Å²) >= 11 is 6.26. The van der Waals surface area contributed by atoms with Crippen molar-refractivity contribution in [2.24, 2.45) is 0 Å². The number of piperazine rings is 1. The molecule has 1 saturated heterocycles. The zero-order chi connectivity index (χ0) is 23.9. The number of nitrogens with zero attached hydrogens (tertiary/aromatic N) is 3. The lowest BCUT2D eigenvalue weighted by Crippen LogP contribution is -2.50. The van der Waals surface area contributed by atoms with Crippen molar-refractivity contribution in [2.75, 3.05) is 50.5 Å². The van der Waals surface area contributed by atoms with Crippen LogP contribution in [0.5, 0.6) is 5.75 Å². The number of sulfonamides is 1. The van der Waals surface area contributed by atoms with Gasteiger partial charge in [-0.05, 0) is 37.3 Å². The highest BCUT2D eigenvalue weighted by atomic mass is 35.5. The fraction of sp³-hybridized carbons (Fsp3) is 0.364. The minimum absolute atomic E-state index is 0.00769. The van der Waals surface area contributed by atoms with Gasteiger partial charge < -0.3 is 19.9 Å². The zero-order valence-corrected chi connectivity index (χ0v) is 20.1. The van der Waals surface area contributed by atoms with Crippen LogP contribution in [0.2, 0.25) is 5.02 Å². The highest BCUT2D eigenvalue weighted by Crippen LogP contribution is 2.38. The molecule has 33 heavy (non-hydrogen) atoms. The Morgan fingerprint density at radius 3 is 2.36 bits per heavy atom. The van der Waals surface area contributed by atoms with E-state index in [0.29, 0.717) is 11.3 Å². The van der Waals surface area contributed by atoms with E-state index in [1.165, 1.54) is 16.4 Å². The third kappa shape index (κ3) is 4.50. The lowest BCUT2D eigenvalue weighted by atomic mass is 10.1. The van der Waals surface area contributed by atoms with E-state index in [4.69, 9.17) is 16.3 Å². The molecule has 0 spiro atoms. The molecule has 2 aliphatic heterocycles. The first kappa shape index (κ1) is 23.3. The van der Waals surface area contributed by atoms with Gasteiger partial charge in [-0.15, -0.1) is 0 Å². The first-order chi connectivity index (χ1) is 15.6. The first-order valence-corrected chi connectivity index (χ1v) is 12.3. The number of fused-ring (bicyclic) bond motifs is 1. The van der Waals surface area contributed by atoms with E-state index in [1.54, 1.807) is 24.0 Å². The molecular formula is C22H25ClN4O5S. The van der Waals surface area contributed by atoms with E-state index < -0.39 is 16.1 Å². The minimum Gasteiger partial charge on any atom is -0.479 e. The van der Waals surface area contributed by atoms with Gasteiger partial charge in [-0.3, -0.25) is 9.59 Å². The predicted molar refractivity (Wildman–Crippen MR) is 126 cm³/mol. The molecule has 1 fully saturated rings. The molecule has 0 aromatic heterocycles. The molecule has 2 amide bonds. The van der Waals surface area contributed by atoms with Crippen LogP contribution >= 0.6 is 11.6 Å². The molecule has 1 atom stereocenters. The summed E-state index contributed by atoms with van der Waals surface area (Å²) in [6.07, 6.45) is -0.740. The topological polar surface area (TPSA) is 99.3 Å². The standard InChI is InChI=1S/C22H25ClN4O5S/c1-14-21(28)24-18-12-17(23)20(13-19(18)32-14)33(30,31)27-10-8-26(9-11-27)22(29)15-4-6-16(7-5-15)25(2)3/h4-7,12-14H,8-11H2,1-3H3,(H,24,28)/t14-/m0/s1. The second-order valence-electron chi connectivity index (χ2n) is 8.17. The summed E-state index contributed by atoms with van der Waals surface area (Å²) in [5, 5.41) is 2.64. The summed E-state index contributed by atoms with van der Waals surface area (Å²) in [6, 6.07) is 10.0. The molecule has 0 saturated carbocycles. The number of ether oxygens (including phenoxy) is 1. The zero-order valence-electron chi connectivity index (χ0n) is 18.5. The number of carbonyl (C=O) groups excluding carboxylic acids is 2. The van der Waals surface area contributed by atoms with Gasteiger partial charge in [-0.25, -0.2) is 8.42 Å². The van der Waals surface area contributed by atoms with Crippen LogP contribution in [0.25, 0.3) is 0 Å². The molecule has 0 bridgehead atoms. The SMILES string of the molecule is C[C@@H]1Oc2cc(S(=O)(=O)N3CCN(C(=O)c4ccc(N(C)C)cc4)CC3)c(Cl)cc2NC1=O. The molecule has 176 valence electrons. The molecule has 0 aliphatic carbocycles. The minimum atomic E-state index is -3.92. The van der Waals surface area contributed by atoms with Gasteiger partial charge in [0.1, 0.15) is 10.6 Å². The third-order valence-electron chi connectivity index (χ3n) is 5.74. The Balaban J connectivity index is 1.48. The van der Waals surface area contributed by atoms with E-state index >= 15 is 0 Å². The van der Waals surface area contributed by atoms with Gasteiger partial charge in [0, 0.05) is 57.6 Å². The molecule has 9 nitrogen and oxygen atoms in total. The normalized spacial score (nSPS) is 18.8. The Kier molecular flexibility index (Phi) is 6.26. The van der Waals surface area contributed by atoms with Crippen molar-refractivity contribution in [3.63, 3.8) is 0 Å². The largest absolute Gasteiger partial charge is 0.479 e. The van der Waals surface area contributed by atoms with Crippen LogP contribution < -0.4 is 15.0 Å². The number of halogens is 1. The molecule has 2 aromatic rings. The van der Waals surface area contributed by atoms with Crippen LogP contribution in [-0.4, -0.2) is 75.8 Å². The van der Waals surface area contributed by atoms with Gasteiger partial charge in [-0.2, -0.15) is 4.31 Å². The molecular weight excluding hydrogens is 468 g/mol. The van der Waals surface area contributed by atoms with Gasteiger partial charge in [0.2, 0.25) is 10.0 Å². The van der Waals surface area contributed by atoms with Gasteiger partial charge in [-0.1, -0.05) is 11.6 Å². The van der Waals surface area contributed by atoms with Crippen molar-refractivity contribution in [3.05, 3.63) is 47.0 Å². The smallest absolute Gasteiger partial charge is 0.265 e. The van der Waals surface area contributed by atoms with Crippen molar-refractivity contribution in [3.8, 4) is 5.75 Å². The van der Waals surface area contributed by atoms with Gasteiger partial charge in [0.25, 0.3) is 11.8 Å². The molecule has 1 N–H and O–H groups in total. The van der Waals surface area contributed by atoms with E-state index in [9.17, 15) is 18.0 Å². The number of carbonyl (C=O) groups is 2. The van der Waals surface area contributed by atoms with E-state index in [1.807, 2.05) is 31.1 Å². The fourth-order valence-corrected chi connectivity index (χ4v) is 5.70. The molecule has 2 aromatic carbocycles. The van der Waals surface area contributed by atoms with Crippen LogP contribution in [0, 0.1) is 0 Å². The molecule has 2 heterocycles. The maximum Gasteiger partial charge on any atom is 0.265 e. The van der Waals surface area contributed by atoms with Crippen LogP contribution in [0.3, 0.4) is 0 Å². The third-order valence-corrected chi connectivity index (χ3v) is 8.10. The average molecular weight is 493 g/mol. The molecule has 2 aliphatic rings. The highest BCUT2D eigenvalue weighted by Gasteiger charge is 2.34. The number of hydrogen-bond acceptors (Lipinski definition) is 6. The van der Waals surface area contributed by atoms with Crippen molar-refractivity contribution in [1.82, 2.24) is 9.21 Å². The Bertz CT molecular complexity index is 1190. The Morgan fingerprint density at radius 1 is 1.12 bits per heavy atom. The van der Waals surface area contributed by atoms with Crippen LogP contribution in [0.1, 0.15) is 17.3 Å². The van der Waals surface area contributed by atoms with Crippen molar-refractivity contribution in [2.45, 2.75) is 17.9 Å². The van der Waals surface area contributed by atoms with Crippen molar-refractivity contribution < 1.29 is 22.7 Å². The fourth-order valence-electron chi connectivity index (χ4n) is 3.76. The van der Waals surface area contributed by atoms with Gasteiger partial charge in [0.15, 0.2) is 6.10 Å². The van der Waals surface area contributed by atoms with Gasteiger partial charge in [0.05, 0.1) is 10.7 Å². The number of benzene rings is 2. The van der Waals surface area contributed by atoms with Crippen LogP contribution in [-0.2, 0) is 14.8 Å². The number of amides is 2. The molecule has 4 rings (SSSR count). The Labute approximate surface area is 197 Å². The lowest BCUT2D eigenvalue weighted by molar-refractivity contribution is -0.122. The number of anilines is 2. The quantitative estimate of drug-likeness (QED) is 0.703. The first-order valence-electron chi connectivity index (χ1n) is 10.5. The average Bonchev–Trinajstić information content (AvgIpc) is 2.79. The predicted octanol–water partition coefficient (Wildman–Crippen LogP) is 2.27. The maximum atomic E-state index is 13.3. The second-order valence-corrected chi connectivity index (χ2v) is 10.5. The highest BCUT2D eigenvalue weighted by molar-refractivity contribution is 7.89. The Morgan fingerprint density at radius 2 is 1.76 bits per heavy atom. The maximum absolute atomic E-state index is 13.3. The van der Waals surface area contributed by atoms with Crippen LogP contribution in [0.15, 0.2) is 41.3 Å². The van der Waals surface area contributed by atoms with E-state index in [2.05, 4.69) is 5.32 Å². The summed E-state index contributed by atoms with van der Waals surface area (Å²) in [5.74, 6) is -0.214. The summed E-state index contributed by atoms with van der Waals surface area (Å²) in [5.41, 5.74) is 1.88. The Hall–Kier alpha value is -2.82. The lowest BCUT2D eigenvalue weighted by Gasteiger charge is -2.34. The van der Waals surface area contributed by atoms with Crippen LogP contribution in [0.4, 0.5) is 11.4 Å².